The molecule has 1 aromatic heterocycles. The van der Waals surface area contributed by atoms with Crippen LogP contribution in [0, 0.1) is 11.3 Å². The van der Waals surface area contributed by atoms with Gasteiger partial charge in [-0.15, -0.1) is 0 Å². The Kier molecular flexibility index (Phi) is 4.76. The van der Waals surface area contributed by atoms with Crippen LogP contribution in [0.25, 0.3) is 0 Å². The molecule has 1 atom stereocenters. The van der Waals surface area contributed by atoms with Crippen LogP contribution in [0.5, 0.6) is 0 Å². The molecule has 2 rings (SSSR count). The minimum Gasteiger partial charge on any atom is -0.347 e. The van der Waals surface area contributed by atoms with E-state index in [0.717, 1.165) is 31.4 Å². The first-order valence-electron chi connectivity index (χ1n) is 7.49. The molecule has 0 saturated heterocycles. The van der Waals surface area contributed by atoms with E-state index in [0.29, 0.717) is 12.5 Å². The number of carbonyl (C=O) groups is 1. The zero-order valence-electron chi connectivity index (χ0n) is 12.4. The first kappa shape index (κ1) is 15.0. The van der Waals surface area contributed by atoms with Gasteiger partial charge < -0.3 is 11.1 Å². The maximum Gasteiger partial charge on any atom is 0.228 e. The van der Waals surface area contributed by atoms with Crippen molar-refractivity contribution in [1.82, 2.24) is 10.3 Å². The standard InChI is InChI=1S/C16H25N3O/c1-12-6-8-16(11-17,9-7-12)15(20)19-13(2)14-5-3-4-10-18-14/h3-5,10,12-13H,6-9,11,17H2,1-2H3,(H,19,20). The van der Waals surface area contributed by atoms with Gasteiger partial charge in [-0.1, -0.05) is 13.0 Å². The predicted molar refractivity (Wildman–Crippen MR) is 79.9 cm³/mol. The van der Waals surface area contributed by atoms with Gasteiger partial charge in [0.25, 0.3) is 0 Å². The van der Waals surface area contributed by atoms with Crippen LogP contribution >= 0.6 is 0 Å². The lowest BCUT2D eigenvalue weighted by atomic mass is 9.70. The van der Waals surface area contributed by atoms with E-state index in [-0.39, 0.29) is 17.4 Å². The van der Waals surface area contributed by atoms with Crippen LogP contribution < -0.4 is 11.1 Å². The van der Waals surface area contributed by atoms with Crippen molar-refractivity contribution in [3.05, 3.63) is 30.1 Å². The second kappa shape index (κ2) is 6.35. The summed E-state index contributed by atoms with van der Waals surface area (Å²) < 4.78 is 0. The molecule has 4 heteroatoms. The first-order chi connectivity index (χ1) is 9.57. The number of nitrogens with zero attached hydrogens (tertiary/aromatic N) is 1. The van der Waals surface area contributed by atoms with Crippen molar-refractivity contribution in [1.29, 1.82) is 0 Å². The van der Waals surface area contributed by atoms with Gasteiger partial charge >= 0.3 is 0 Å². The molecule has 0 aliphatic heterocycles. The Morgan fingerprint density at radius 1 is 1.50 bits per heavy atom. The van der Waals surface area contributed by atoms with E-state index in [1.807, 2.05) is 25.1 Å². The number of pyridine rings is 1. The van der Waals surface area contributed by atoms with E-state index in [2.05, 4.69) is 17.2 Å². The highest BCUT2D eigenvalue weighted by Gasteiger charge is 2.40. The molecule has 3 N–H and O–H groups in total. The molecule has 0 bridgehead atoms. The number of aromatic nitrogens is 1. The number of nitrogens with two attached hydrogens (primary N) is 1. The van der Waals surface area contributed by atoms with Gasteiger partial charge in [0.1, 0.15) is 0 Å². The largest absolute Gasteiger partial charge is 0.347 e. The normalized spacial score (nSPS) is 27.9. The van der Waals surface area contributed by atoms with Crippen LogP contribution in [-0.4, -0.2) is 17.4 Å². The fourth-order valence-electron chi connectivity index (χ4n) is 2.89. The molecule has 1 amide bonds. The third kappa shape index (κ3) is 3.18. The minimum atomic E-state index is -0.379. The fourth-order valence-corrected chi connectivity index (χ4v) is 2.89. The SMILES string of the molecule is CC1CCC(CN)(C(=O)NC(C)c2ccccn2)CC1. The highest BCUT2D eigenvalue weighted by atomic mass is 16.2. The summed E-state index contributed by atoms with van der Waals surface area (Å²) in [5.41, 5.74) is 6.43. The monoisotopic (exact) mass is 275 g/mol. The molecule has 4 nitrogen and oxygen atoms in total. The maximum absolute atomic E-state index is 12.6. The van der Waals surface area contributed by atoms with Gasteiger partial charge in [-0.3, -0.25) is 9.78 Å². The zero-order chi connectivity index (χ0) is 14.6. The van der Waals surface area contributed by atoms with Crippen molar-refractivity contribution >= 4 is 5.91 Å². The number of amides is 1. The highest BCUT2D eigenvalue weighted by Crippen LogP contribution is 2.38. The van der Waals surface area contributed by atoms with Gasteiger partial charge in [0.2, 0.25) is 5.91 Å². The van der Waals surface area contributed by atoms with E-state index in [1.165, 1.54) is 0 Å². The van der Waals surface area contributed by atoms with Crippen molar-refractivity contribution in [2.75, 3.05) is 6.54 Å². The van der Waals surface area contributed by atoms with Crippen LogP contribution in [0.2, 0.25) is 0 Å². The maximum atomic E-state index is 12.6. The summed E-state index contributed by atoms with van der Waals surface area (Å²) in [6.07, 6.45) is 5.71. The Bertz CT molecular complexity index is 438. The Balaban J connectivity index is 2.03. The predicted octanol–water partition coefficient (Wildman–Crippen LogP) is 2.41. The average Bonchev–Trinajstić information content (AvgIpc) is 2.49. The molecule has 1 aliphatic rings. The summed E-state index contributed by atoms with van der Waals surface area (Å²) in [6, 6.07) is 5.67. The van der Waals surface area contributed by atoms with Crippen molar-refractivity contribution in [3.63, 3.8) is 0 Å². The summed E-state index contributed by atoms with van der Waals surface area (Å²) in [5, 5.41) is 3.09. The van der Waals surface area contributed by atoms with Crippen molar-refractivity contribution in [2.45, 2.75) is 45.6 Å². The van der Waals surface area contributed by atoms with E-state index >= 15 is 0 Å². The van der Waals surface area contributed by atoms with Crippen LogP contribution in [0.3, 0.4) is 0 Å². The smallest absolute Gasteiger partial charge is 0.228 e. The van der Waals surface area contributed by atoms with E-state index in [4.69, 9.17) is 5.73 Å². The van der Waals surface area contributed by atoms with Crippen molar-refractivity contribution in [2.24, 2.45) is 17.1 Å². The van der Waals surface area contributed by atoms with Gasteiger partial charge in [-0.25, -0.2) is 0 Å². The van der Waals surface area contributed by atoms with Crippen LogP contribution in [-0.2, 0) is 4.79 Å². The first-order valence-corrected chi connectivity index (χ1v) is 7.49. The van der Waals surface area contributed by atoms with Crippen molar-refractivity contribution in [3.8, 4) is 0 Å². The Labute approximate surface area is 121 Å². The summed E-state index contributed by atoms with van der Waals surface area (Å²) in [4.78, 5) is 16.9. The fraction of sp³-hybridized carbons (Fsp3) is 0.625. The molecule has 1 aromatic rings. The van der Waals surface area contributed by atoms with E-state index < -0.39 is 0 Å². The molecule has 0 spiro atoms. The summed E-state index contributed by atoms with van der Waals surface area (Å²) in [5.74, 6) is 0.792. The van der Waals surface area contributed by atoms with E-state index in [1.54, 1.807) is 6.20 Å². The minimum absolute atomic E-state index is 0.0773. The molecule has 110 valence electrons. The highest BCUT2D eigenvalue weighted by molar-refractivity contribution is 5.83. The second-order valence-electron chi connectivity index (χ2n) is 6.12. The molecule has 0 aromatic carbocycles. The topological polar surface area (TPSA) is 68.0 Å². The van der Waals surface area contributed by atoms with Crippen molar-refractivity contribution < 1.29 is 4.79 Å². The summed E-state index contributed by atoms with van der Waals surface area (Å²) >= 11 is 0. The molecule has 1 heterocycles. The third-order valence-corrected chi connectivity index (χ3v) is 4.58. The van der Waals surface area contributed by atoms with Gasteiger partial charge in [-0.05, 0) is 50.7 Å². The quantitative estimate of drug-likeness (QED) is 0.886. The summed E-state index contributed by atoms with van der Waals surface area (Å²) in [7, 11) is 0. The number of carbonyl (C=O) groups excluding carboxylic acids is 1. The number of hydrogen-bond donors (Lipinski definition) is 2. The van der Waals surface area contributed by atoms with Crippen LogP contribution in [0.15, 0.2) is 24.4 Å². The van der Waals surface area contributed by atoms with Gasteiger partial charge in [0.15, 0.2) is 0 Å². The van der Waals surface area contributed by atoms with Gasteiger partial charge in [0, 0.05) is 12.7 Å². The Hall–Kier alpha value is -1.42. The summed E-state index contributed by atoms with van der Waals surface area (Å²) in [6.45, 7) is 4.64. The average molecular weight is 275 g/mol. The van der Waals surface area contributed by atoms with Crippen LogP contribution in [0.1, 0.15) is 51.3 Å². The van der Waals surface area contributed by atoms with Gasteiger partial charge in [-0.2, -0.15) is 0 Å². The van der Waals surface area contributed by atoms with Gasteiger partial charge in [0.05, 0.1) is 17.2 Å². The lowest BCUT2D eigenvalue weighted by Crippen LogP contribution is -2.48. The molecule has 1 aliphatic carbocycles. The Morgan fingerprint density at radius 2 is 2.20 bits per heavy atom. The number of hydrogen-bond acceptors (Lipinski definition) is 3. The second-order valence-corrected chi connectivity index (χ2v) is 6.12. The van der Waals surface area contributed by atoms with Crippen LogP contribution in [0.4, 0.5) is 0 Å². The molecule has 1 saturated carbocycles. The molecular formula is C16H25N3O. The molecule has 1 unspecified atom stereocenters. The number of nitrogens with one attached hydrogen (secondary N) is 1. The molecule has 0 radical (unpaired) electrons. The third-order valence-electron chi connectivity index (χ3n) is 4.58. The molecular weight excluding hydrogens is 250 g/mol. The zero-order valence-corrected chi connectivity index (χ0v) is 12.4. The molecule has 1 fully saturated rings. The Morgan fingerprint density at radius 3 is 2.75 bits per heavy atom. The molecule has 20 heavy (non-hydrogen) atoms. The van der Waals surface area contributed by atoms with E-state index in [9.17, 15) is 4.79 Å². The lowest BCUT2D eigenvalue weighted by molar-refractivity contribution is -0.133. The number of rotatable bonds is 4. The lowest BCUT2D eigenvalue weighted by Gasteiger charge is -2.37.